The Balaban J connectivity index is 0.000000148. The zero-order chi connectivity index (χ0) is 61.2. The van der Waals surface area contributed by atoms with E-state index >= 15 is 0 Å². The Hall–Kier alpha value is -12.4. The van der Waals surface area contributed by atoms with Crippen molar-refractivity contribution >= 4 is 43.6 Å². The van der Waals surface area contributed by atoms with Crippen LogP contribution < -0.4 is 0 Å². The molecule has 4 aromatic heterocycles. The predicted molar refractivity (Wildman–Crippen MR) is 382 cm³/mol. The number of fused-ring (bicyclic) bond motifs is 6. The van der Waals surface area contributed by atoms with Crippen LogP contribution in [0.5, 0.6) is 0 Å². The molecule has 432 valence electrons. The molecule has 0 saturated carbocycles. The van der Waals surface area contributed by atoms with Crippen molar-refractivity contribution in [2.45, 2.75) is 0 Å². The van der Waals surface area contributed by atoms with Gasteiger partial charge in [0.15, 0.2) is 11.6 Å². The molecule has 0 saturated heterocycles. The molecule has 0 bridgehead atoms. The molecule has 0 radical (unpaired) electrons. The normalized spacial score (nSPS) is 11.3. The highest BCUT2D eigenvalue weighted by molar-refractivity contribution is 6.10. The van der Waals surface area contributed by atoms with Gasteiger partial charge in [0, 0.05) is 66.3 Å². The highest BCUT2D eigenvalue weighted by atomic mass is 15.0. The van der Waals surface area contributed by atoms with Crippen molar-refractivity contribution in [1.29, 1.82) is 0 Å². The second-order valence-corrected chi connectivity index (χ2v) is 23.0. The third kappa shape index (κ3) is 10.8. The Bertz CT molecular complexity index is 5250. The van der Waals surface area contributed by atoms with Crippen molar-refractivity contribution in [1.82, 2.24) is 29.1 Å². The van der Waals surface area contributed by atoms with Crippen LogP contribution >= 0.6 is 0 Å². The molecule has 0 aliphatic rings. The fourth-order valence-corrected chi connectivity index (χ4v) is 12.7. The molecule has 13 aromatic carbocycles. The number of aromatic nitrogens is 6. The summed E-state index contributed by atoms with van der Waals surface area (Å²) in [7, 11) is 0. The molecule has 0 spiro atoms. The lowest BCUT2D eigenvalue weighted by molar-refractivity contribution is 1.18. The van der Waals surface area contributed by atoms with E-state index in [0.29, 0.717) is 11.6 Å². The molecule has 4 heterocycles. The maximum atomic E-state index is 5.16. The minimum absolute atomic E-state index is 0.708. The van der Waals surface area contributed by atoms with Gasteiger partial charge in [0.25, 0.3) is 0 Å². The van der Waals surface area contributed by atoms with E-state index in [0.717, 1.165) is 101 Å². The fraction of sp³-hybridized carbons (Fsp3) is 0. The molecule has 92 heavy (non-hydrogen) atoms. The Morgan fingerprint density at radius 2 is 0.424 bits per heavy atom. The smallest absolute Gasteiger partial charge is 0.160 e. The predicted octanol–water partition coefficient (Wildman–Crippen LogP) is 22.2. The monoisotopic (exact) mass is 1170 g/mol. The van der Waals surface area contributed by atoms with Crippen molar-refractivity contribution in [3.63, 3.8) is 0 Å². The highest BCUT2D eigenvalue weighted by Crippen LogP contribution is 2.39. The zero-order valence-electron chi connectivity index (χ0n) is 50.2. The van der Waals surface area contributed by atoms with Crippen LogP contribution in [0.25, 0.3) is 156 Å². The average Bonchev–Trinajstić information content (AvgIpc) is 1.63. The van der Waals surface area contributed by atoms with Crippen LogP contribution in [0.4, 0.5) is 0 Å². The molecule has 0 aliphatic heterocycles. The standard InChI is InChI=1S/C46H31N3.C40H27N3/c1-4-14-32(15-5-1)36-28-37(33-24-26-39(27-25-33)49-44-22-12-10-20-40(44)41-21-11-13-23-45(41)49)30-38(29-36)43-31-42(34-16-6-2-7-17-34)47-46(48-43)35-18-8-3-9-19-35;1-3-12-29(13-4-1)36-27-37(30-14-5-2-6-15-30)42-40(41-36)32-17-11-16-31(26-32)28-22-24-33(25-23-28)43-38-20-9-7-18-34(38)35-19-8-10-21-39(35)43/h1-31H;1-27H. The second kappa shape index (κ2) is 24.3. The number of hydrogen-bond acceptors (Lipinski definition) is 4. The lowest BCUT2D eigenvalue weighted by atomic mass is 9.94. The van der Waals surface area contributed by atoms with Gasteiger partial charge in [-0.25, -0.2) is 19.9 Å². The lowest BCUT2D eigenvalue weighted by Gasteiger charge is -2.14. The van der Waals surface area contributed by atoms with Crippen LogP contribution in [0.1, 0.15) is 0 Å². The Kier molecular flexibility index (Phi) is 14.5. The summed E-state index contributed by atoms with van der Waals surface area (Å²) in [6.45, 7) is 0. The van der Waals surface area contributed by atoms with Gasteiger partial charge >= 0.3 is 0 Å². The van der Waals surface area contributed by atoms with Crippen molar-refractivity contribution in [3.05, 3.63) is 352 Å². The van der Waals surface area contributed by atoms with E-state index < -0.39 is 0 Å². The van der Waals surface area contributed by atoms with Gasteiger partial charge in [-0.15, -0.1) is 0 Å². The second-order valence-electron chi connectivity index (χ2n) is 23.0. The average molecular weight is 1180 g/mol. The lowest BCUT2D eigenvalue weighted by Crippen LogP contribution is -1.96. The Labute approximate surface area is 534 Å². The summed E-state index contributed by atoms with van der Waals surface area (Å²) >= 11 is 0. The summed E-state index contributed by atoms with van der Waals surface area (Å²) in [5.41, 5.74) is 23.8. The van der Waals surface area contributed by atoms with Crippen molar-refractivity contribution in [2.75, 3.05) is 0 Å². The number of benzene rings is 13. The molecule has 0 aliphatic carbocycles. The molecule has 17 aromatic rings. The maximum Gasteiger partial charge on any atom is 0.160 e. The third-order valence-electron chi connectivity index (χ3n) is 17.2. The molecular weight excluding hydrogens is 1120 g/mol. The summed E-state index contributed by atoms with van der Waals surface area (Å²) in [6.07, 6.45) is 0. The molecule has 0 unspecified atom stereocenters. The van der Waals surface area contributed by atoms with Crippen LogP contribution in [0, 0.1) is 0 Å². The van der Waals surface area contributed by atoms with Gasteiger partial charge in [0.1, 0.15) is 0 Å². The van der Waals surface area contributed by atoms with Crippen molar-refractivity contribution < 1.29 is 0 Å². The largest absolute Gasteiger partial charge is 0.309 e. The van der Waals surface area contributed by atoms with E-state index in [-0.39, 0.29) is 0 Å². The van der Waals surface area contributed by atoms with Gasteiger partial charge in [-0.1, -0.05) is 267 Å². The molecule has 6 nitrogen and oxygen atoms in total. The van der Waals surface area contributed by atoms with Crippen molar-refractivity contribution in [2.24, 2.45) is 0 Å². The molecule has 0 atom stereocenters. The quantitative estimate of drug-likeness (QED) is 0.129. The summed E-state index contributed by atoms with van der Waals surface area (Å²) in [6, 6.07) is 123. The van der Waals surface area contributed by atoms with Crippen LogP contribution in [0.15, 0.2) is 352 Å². The van der Waals surface area contributed by atoms with Gasteiger partial charge in [0.2, 0.25) is 0 Å². The third-order valence-corrected chi connectivity index (χ3v) is 17.2. The van der Waals surface area contributed by atoms with Gasteiger partial charge in [-0.2, -0.15) is 0 Å². The molecule has 0 fully saturated rings. The summed E-state index contributed by atoms with van der Waals surface area (Å²) < 4.78 is 4.70. The zero-order valence-corrected chi connectivity index (χ0v) is 50.2. The minimum atomic E-state index is 0.708. The van der Waals surface area contributed by atoms with Gasteiger partial charge in [-0.05, 0) is 118 Å². The summed E-state index contributed by atoms with van der Waals surface area (Å²) in [5, 5.41) is 5.05. The fourth-order valence-electron chi connectivity index (χ4n) is 12.7. The Morgan fingerprint density at radius 1 is 0.163 bits per heavy atom. The first-order chi connectivity index (χ1) is 45.6. The van der Waals surface area contributed by atoms with Crippen LogP contribution in [-0.4, -0.2) is 29.1 Å². The number of hydrogen-bond donors (Lipinski definition) is 0. The Morgan fingerprint density at radius 3 is 0.815 bits per heavy atom. The molecule has 6 heteroatoms. The first-order valence-electron chi connectivity index (χ1n) is 31.1. The van der Waals surface area contributed by atoms with E-state index in [4.69, 9.17) is 19.9 Å². The van der Waals surface area contributed by atoms with Gasteiger partial charge < -0.3 is 9.13 Å². The van der Waals surface area contributed by atoms with E-state index in [2.05, 4.69) is 300 Å². The first-order valence-corrected chi connectivity index (χ1v) is 31.1. The van der Waals surface area contributed by atoms with Crippen LogP contribution in [0.2, 0.25) is 0 Å². The topological polar surface area (TPSA) is 61.4 Å². The summed E-state index contributed by atoms with van der Waals surface area (Å²) in [4.78, 5) is 20.2. The van der Waals surface area contributed by atoms with E-state index in [9.17, 15) is 0 Å². The highest BCUT2D eigenvalue weighted by Gasteiger charge is 2.18. The van der Waals surface area contributed by atoms with Gasteiger partial charge in [0.05, 0.1) is 44.8 Å². The summed E-state index contributed by atoms with van der Waals surface area (Å²) in [5.74, 6) is 1.42. The minimum Gasteiger partial charge on any atom is -0.309 e. The van der Waals surface area contributed by atoms with Crippen LogP contribution in [-0.2, 0) is 0 Å². The van der Waals surface area contributed by atoms with E-state index in [1.165, 1.54) is 43.6 Å². The van der Waals surface area contributed by atoms with Gasteiger partial charge in [-0.3, -0.25) is 0 Å². The van der Waals surface area contributed by atoms with E-state index in [1.807, 2.05) is 60.7 Å². The van der Waals surface area contributed by atoms with E-state index in [1.54, 1.807) is 0 Å². The molecular formula is C86H58N6. The number of nitrogens with zero attached hydrogens (tertiary/aromatic N) is 6. The number of rotatable bonds is 11. The molecule has 17 rings (SSSR count). The van der Waals surface area contributed by atoms with Crippen LogP contribution in [0.3, 0.4) is 0 Å². The SMILES string of the molecule is c1ccc(-c2cc(-c3ccc(-n4c5ccccc5c5ccccc54)cc3)cc(-c3cc(-c4ccccc4)nc(-c4ccccc4)n3)c2)cc1.c1ccc(-c2cc(-c3ccccc3)nc(-c3cccc(-c4ccc(-n5c6ccccc6c6ccccc65)cc4)c3)n2)cc1. The maximum absolute atomic E-state index is 5.16. The molecule has 0 amide bonds. The first kappa shape index (κ1) is 55.0. The number of para-hydroxylation sites is 4. The van der Waals surface area contributed by atoms with Crippen molar-refractivity contribution in [3.8, 4) is 113 Å². The molecule has 0 N–H and O–H groups in total.